The molecule has 1 N–H and O–H groups in total. The summed E-state index contributed by atoms with van der Waals surface area (Å²) in [4.78, 5) is 13.0. The number of likely N-dealkylation sites (tertiary alicyclic amines) is 1. The number of aromatic nitrogens is 3. The highest BCUT2D eigenvalue weighted by molar-refractivity contribution is 7.99. The first-order chi connectivity index (χ1) is 8.75. The Kier molecular flexibility index (Phi) is 5.00. The predicted molar refractivity (Wildman–Crippen MR) is 68.7 cm³/mol. The van der Waals surface area contributed by atoms with Crippen molar-refractivity contribution >= 4 is 17.7 Å². The number of thioether (sulfide) groups is 1. The number of hydrogen-bond donors (Lipinski definition) is 1. The van der Waals surface area contributed by atoms with Crippen molar-refractivity contribution in [3.8, 4) is 0 Å². The largest absolute Gasteiger partial charge is 0.481 e. The summed E-state index contributed by atoms with van der Waals surface area (Å²) in [6.45, 7) is 4.37. The molecule has 0 unspecified atom stereocenters. The number of carboxylic acids is 1. The van der Waals surface area contributed by atoms with Crippen LogP contribution in [-0.2, 0) is 11.3 Å². The molecule has 2 heterocycles. The van der Waals surface area contributed by atoms with Gasteiger partial charge in [0.05, 0.1) is 5.75 Å². The molecule has 0 atom stereocenters. The van der Waals surface area contributed by atoms with Gasteiger partial charge in [-0.25, -0.2) is 0 Å². The zero-order valence-corrected chi connectivity index (χ0v) is 11.1. The first-order valence-electron chi connectivity index (χ1n) is 6.20. The van der Waals surface area contributed by atoms with Gasteiger partial charge in [0.2, 0.25) is 0 Å². The van der Waals surface area contributed by atoms with Crippen molar-refractivity contribution in [3.05, 3.63) is 6.33 Å². The number of carbonyl (C=O) groups is 1. The molecule has 0 bridgehead atoms. The van der Waals surface area contributed by atoms with Gasteiger partial charge in [-0.15, -0.1) is 10.2 Å². The molecule has 1 saturated heterocycles. The number of carboxylic acid groups (broad SMARTS) is 1. The van der Waals surface area contributed by atoms with Gasteiger partial charge in [0.1, 0.15) is 6.33 Å². The fraction of sp³-hybridized carbons (Fsp3) is 0.727. The van der Waals surface area contributed by atoms with Crippen molar-refractivity contribution in [2.75, 3.05) is 25.4 Å². The molecular formula is C11H18N4O2S. The van der Waals surface area contributed by atoms with Crippen molar-refractivity contribution in [3.63, 3.8) is 0 Å². The quantitative estimate of drug-likeness (QED) is 0.744. The number of aliphatic carboxylic acids is 1. The molecule has 1 aliphatic heterocycles. The van der Waals surface area contributed by atoms with E-state index in [1.165, 1.54) is 37.7 Å². The van der Waals surface area contributed by atoms with Gasteiger partial charge in [-0.2, -0.15) is 0 Å². The monoisotopic (exact) mass is 270 g/mol. The van der Waals surface area contributed by atoms with Crippen LogP contribution >= 0.6 is 11.8 Å². The minimum Gasteiger partial charge on any atom is -0.481 e. The SMILES string of the molecule is O=C(O)CSc1nncn1CCCN1CCCC1. The van der Waals surface area contributed by atoms with E-state index >= 15 is 0 Å². The molecule has 1 aromatic rings. The summed E-state index contributed by atoms with van der Waals surface area (Å²) < 4.78 is 1.93. The smallest absolute Gasteiger partial charge is 0.313 e. The zero-order chi connectivity index (χ0) is 12.8. The van der Waals surface area contributed by atoms with E-state index in [2.05, 4.69) is 15.1 Å². The zero-order valence-electron chi connectivity index (χ0n) is 10.3. The van der Waals surface area contributed by atoms with E-state index in [1.54, 1.807) is 6.33 Å². The normalized spacial score (nSPS) is 16.2. The van der Waals surface area contributed by atoms with Crippen molar-refractivity contribution in [2.24, 2.45) is 0 Å². The summed E-state index contributed by atoms with van der Waals surface area (Å²) in [6, 6.07) is 0. The van der Waals surface area contributed by atoms with Crippen molar-refractivity contribution in [1.82, 2.24) is 19.7 Å². The Hall–Kier alpha value is -1.08. The molecule has 1 aliphatic rings. The molecule has 7 heteroatoms. The fourth-order valence-corrected chi connectivity index (χ4v) is 2.77. The van der Waals surface area contributed by atoms with Crippen LogP contribution in [0.4, 0.5) is 0 Å². The number of aryl methyl sites for hydroxylation is 1. The Morgan fingerprint density at radius 3 is 2.89 bits per heavy atom. The molecule has 0 saturated carbocycles. The number of rotatable bonds is 7. The highest BCUT2D eigenvalue weighted by Crippen LogP contribution is 2.15. The lowest BCUT2D eigenvalue weighted by molar-refractivity contribution is -0.133. The summed E-state index contributed by atoms with van der Waals surface area (Å²) >= 11 is 1.22. The van der Waals surface area contributed by atoms with Gasteiger partial charge in [-0.1, -0.05) is 11.8 Å². The maximum atomic E-state index is 10.5. The standard InChI is InChI=1S/C11H18N4O2S/c16-10(17)8-18-11-13-12-9-15(11)7-3-6-14-4-1-2-5-14/h9H,1-8H2,(H,16,17). The Labute approximate surface area is 110 Å². The lowest BCUT2D eigenvalue weighted by Gasteiger charge is -2.14. The molecule has 0 amide bonds. The summed E-state index contributed by atoms with van der Waals surface area (Å²) in [5.41, 5.74) is 0. The lowest BCUT2D eigenvalue weighted by Crippen LogP contribution is -2.21. The van der Waals surface area contributed by atoms with Crippen LogP contribution in [0.5, 0.6) is 0 Å². The highest BCUT2D eigenvalue weighted by Gasteiger charge is 2.11. The first kappa shape index (κ1) is 13.4. The molecular weight excluding hydrogens is 252 g/mol. The van der Waals surface area contributed by atoms with Gasteiger partial charge < -0.3 is 14.6 Å². The van der Waals surface area contributed by atoms with E-state index in [1.807, 2.05) is 4.57 Å². The molecule has 0 aliphatic carbocycles. The first-order valence-corrected chi connectivity index (χ1v) is 7.19. The predicted octanol–water partition coefficient (Wildman–Crippen LogP) is 0.941. The van der Waals surface area contributed by atoms with Crippen LogP contribution < -0.4 is 0 Å². The topological polar surface area (TPSA) is 71.2 Å². The Morgan fingerprint density at radius 1 is 1.39 bits per heavy atom. The van der Waals surface area contributed by atoms with Crippen molar-refractivity contribution in [2.45, 2.75) is 31.0 Å². The van der Waals surface area contributed by atoms with Crippen LogP contribution in [-0.4, -0.2) is 56.1 Å². The van der Waals surface area contributed by atoms with E-state index in [4.69, 9.17) is 5.11 Å². The third-order valence-electron chi connectivity index (χ3n) is 2.98. The van der Waals surface area contributed by atoms with Crippen LogP contribution in [0.25, 0.3) is 0 Å². The second-order valence-corrected chi connectivity index (χ2v) is 5.33. The van der Waals surface area contributed by atoms with Crippen molar-refractivity contribution < 1.29 is 9.90 Å². The van der Waals surface area contributed by atoms with Gasteiger partial charge in [0.15, 0.2) is 5.16 Å². The van der Waals surface area contributed by atoms with E-state index in [-0.39, 0.29) is 5.75 Å². The Bertz CT molecular complexity index is 390. The van der Waals surface area contributed by atoms with Crippen LogP contribution in [0.1, 0.15) is 19.3 Å². The third kappa shape index (κ3) is 3.99. The Balaban J connectivity index is 1.74. The molecule has 1 fully saturated rings. The van der Waals surface area contributed by atoms with Crippen LogP contribution in [0, 0.1) is 0 Å². The minimum absolute atomic E-state index is 0.0326. The summed E-state index contributed by atoms with van der Waals surface area (Å²) in [5, 5.41) is 17.1. The Morgan fingerprint density at radius 2 is 2.17 bits per heavy atom. The average Bonchev–Trinajstić information content (AvgIpc) is 2.97. The second kappa shape index (κ2) is 6.75. The minimum atomic E-state index is -0.827. The summed E-state index contributed by atoms with van der Waals surface area (Å²) in [5.74, 6) is -0.795. The maximum Gasteiger partial charge on any atom is 0.313 e. The second-order valence-electron chi connectivity index (χ2n) is 4.39. The van der Waals surface area contributed by atoms with Gasteiger partial charge in [-0.05, 0) is 38.9 Å². The summed E-state index contributed by atoms with van der Waals surface area (Å²) in [7, 11) is 0. The molecule has 0 spiro atoms. The molecule has 1 aromatic heterocycles. The van der Waals surface area contributed by atoms with Gasteiger partial charge in [-0.3, -0.25) is 4.79 Å². The van der Waals surface area contributed by atoms with Gasteiger partial charge in [0, 0.05) is 6.54 Å². The molecule has 6 nitrogen and oxygen atoms in total. The molecule has 2 rings (SSSR count). The molecule has 0 radical (unpaired) electrons. The molecule has 100 valence electrons. The van der Waals surface area contributed by atoms with E-state index in [0.29, 0.717) is 5.16 Å². The van der Waals surface area contributed by atoms with Crippen LogP contribution in [0.15, 0.2) is 11.5 Å². The van der Waals surface area contributed by atoms with Gasteiger partial charge >= 0.3 is 5.97 Å². The van der Waals surface area contributed by atoms with Crippen LogP contribution in [0.2, 0.25) is 0 Å². The van der Waals surface area contributed by atoms with E-state index < -0.39 is 5.97 Å². The number of hydrogen-bond acceptors (Lipinski definition) is 5. The van der Waals surface area contributed by atoms with Crippen LogP contribution in [0.3, 0.4) is 0 Å². The molecule has 18 heavy (non-hydrogen) atoms. The van der Waals surface area contributed by atoms with Gasteiger partial charge in [0.25, 0.3) is 0 Å². The highest BCUT2D eigenvalue weighted by atomic mass is 32.2. The number of nitrogens with zero attached hydrogens (tertiary/aromatic N) is 4. The maximum absolute atomic E-state index is 10.5. The molecule has 0 aromatic carbocycles. The van der Waals surface area contributed by atoms with Crippen molar-refractivity contribution in [1.29, 1.82) is 0 Å². The summed E-state index contributed by atoms with van der Waals surface area (Å²) in [6.07, 6.45) is 5.35. The fourth-order valence-electron chi connectivity index (χ4n) is 2.11. The van der Waals surface area contributed by atoms with E-state index in [0.717, 1.165) is 19.5 Å². The third-order valence-corrected chi connectivity index (χ3v) is 3.94. The average molecular weight is 270 g/mol. The van der Waals surface area contributed by atoms with E-state index in [9.17, 15) is 4.79 Å². The lowest BCUT2D eigenvalue weighted by atomic mass is 10.4.